The smallest absolute Gasteiger partial charge is 0.256 e. The zero-order valence-electron chi connectivity index (χ0n) is 25.3. The number of nitriles is 1. The molecule has 2 saturated heterocycles. The van der Waals surface area contributed by atoms with Crippen molar-refractivity contribution in [3.05, 3.63) is 52.2 Å². The van der Waals surface area contributed by atoms with Crippen LogP contribution in [0.5, 0.6) is 5.75 Å². The van der Waals surface area contributed by atoms with Crippen LogP contribution in [0.1, 0.15) is 75.0 Å². The highest BCUT2D eigenvalue weighted by atomic mass is 35.5. The summed E-state index contributed by atoms with van der Waals surface area (Å²) in [6, 6.07) is 11.0. The number of hydrogen-bond acceptors (Lipinski definition) is 7. The topological polar surface area (TPSA) is 110 Å². The van der Waals surface area contributed by atoms with Crippen molar-refractivity contribution in [3.63, 3.8) is 0 Å². The number of halogens is 1. The average molecular weight is 606 g/mol. The predicted octanol–water partition coefficient (Wildman–Crippen LogP) is 4.64. The zero-order chi connectivity index (χ0) is 30.7. The SMILES string of the molecule is CC1(C)C(Oc2ccc(C#N)c(Cl)c2)C(C)(C)C1N1Cc2nc(N3CCC(C(=O)N4CCC(O)CC4)CC3)ccc2C1=O. The van der Waals surface area contributed by atoms with Gasteiger partial charge in [0.2, 0.25) is 5.91 Å². The average Bonchev–Trinajstić information content (AvgIpc) is 3.29. The number of carbonyl (C=O) groups excluding carboxylic acids is 2. The minimum Gasteiger partial charge on any atom is -0.489 e. The molecule has 0 radical (unpaired) electrons. The van der Waals surface area contributed by atoms with E-state index < -0.39 is 0 Å². The molecule has 2 amide bonds. The van der Waals surface area contributed by atoms with Crippen LogP contribution in [-0.2, 0) is 11.3 Å². The van der Waals surface area contributed by atoms with Crippen molar-refractivity contribution in [2.75, 3.05) is 31.1 Å². The molecule has 9 nitrogen and oxygen atoms in total. The number of aromatic nitrogens is 1. The lowest BCUT2D eigenvalue weighted by molar-refractivity contribution is -0.199. The second-order valence-electron chi connectivity index (χ2n) is 13.7. The summed E-state index contributed by atoms with van der Waals surface area (Å²) >= 11 is 6.26. The van der Waals surface area contributed by atoms with E-state index in [1.54, 1.807) is 18.2 Å². The van der Waals surface area contributed by atoms with Gasteiger partial charge in [0.05, 0.1) is 34.5 Å². The number of carbonyl (C=O) groups is 2. The molecule has 1 aliphatic carbocycles. The zero-order valence-corrected chi connectivity index (χ0v) is 26.1. The van der Waals surface area contributed by atoms with Gasteiger partial charge in [0.1, 0.15) is 23.7 Å². The van der Waals surface area contributed by atoms with Crippen LogP contribution in [0.15, 0.2) is 30.3 Å². The van der Waals surface area contributed by atoms with Crippen molar-refractivity contribution < 1.29 is 19.4 Å². The lowest BCUT2D eigenvalue weighted by atomic mass is 9.49. The van der Waals surface area contributed by atoms with Gasteiger partial charge >= 0.3 is 0 Å². The molecule has 4 aliphatic rings. The number of benzene rings is 1. The first-order valence-electron chi connectivity index (χ1n) is 15.3. The predicted molar refractivity (Wildman–Crippen MR) is 163 cm³/mol. The van der Waals surface area contributed by atoms with E-state index in [2.05, 4.69) is 38.7 Å². The van der Waals surface area contributed by atoms with Gasteiger partial charge in [0, 0.05) is 55.0 Å². The lowest BCUT2D eigenvalue weighted by Crippen LogP contribution is -2.74. The van der Waals surface area contributed by atoms with E-state index in [0.717, 1.165) is 37.4 Å². The summed E-state index contributed by atoms with van der Waals surface area (Å²) in [7, 11) is 0. The molecule has 228 valence electrons. The molecule has 0 spiro atoms. The summed E-state index contributed by atoms with van der Waals surface area (Å²) < 4.78 is 6.44. The molecule has 10 heteroatoms. The number of anilines is 1. The fraction of sp³-hybridized carbons (Fsp3) is 0.576. The largest absolute Gasteiger partial charge is 0.489 e. The van der Waals surface area contributed by atoms with E-state index in [0.29, 0.717) is 54.4 Å². The maximum Gasteiger partial charge on any atom is 0.256 e. The van der Waals surface area contributed by atoms with Crippen molar-refractivity contribution in [2.24, 2.45) is 16.7 Å². The van der Waals surface area contributed by atoms with Gasteiger partial charge in [0.15, 0.2) is 0 Å². The molecular weight excluding hydrogens is 566 g/mol. The Hall–Kier alpha value is -3.35. The summed E-state index contributed by atoms with van der Waals surface area (Å²) in [5, 5.41) is 19.3. The van der Waals surface area contributed by atoms with Gasteiger partial charge < -0.3 is 24.5 Å². The monoisotopic (exact) mass is 605 g/mol. The number of rotatable bonds is 5. The molecule has 3 fully saturated rings. The Morgan fingerprint density at radius 2 is 1.72 bits per heavy atom. The molecule has 1 N–H and O–H groups in total. The molecular formula is C33H40ClN5O4. The first kappa shape index (κ1) is 29.7. The fourth-order valence-electron chi connectivity index (χ4n) is 8.29. The van der Waals surface area contributed by atoms with E-state index >= 15 is 0 Å². The Kier molecular flexibility index (Phi) is 7.58. The molecule has 1 aromatic heterocycles. The van der Waals surface area contributed by atoms with Gasteiger partial charge in [-0.15, -0.1) is 0 Å². The van der Waals surface area contributed by atoms with E-state index in [-0.39, 0.29) is 46.8 Å². The van der Waals surface area contributed by atoms with Gasteiger partial charge in [-0.05, 0) is 49.9 Å². The first-order chi connectivity index (χ1) is 20.4. The molecule has 0 bridgehead atoms. The summed E-state index contributed by atoms with van der Waals surface area (Å²) in [6.07, 6.45) is 2.41. The maximum atomic E-state index is 13.7. The van der Waals surface area contributed by atoms with Crippen molar-refractivity contribution in [3.8, 4) is 11.8 Å². The Labute approximate surface area is 258 Å². The minimum atomic E-state index is -0.342. The number of pyridine rings is 1. The van der Waals surface area contributed by atoms with Gasteiger partial charge in [-0.1, -0.05) is 39.3 Å². The summed E-state index contributed by atoms with van der Waals surface area (Å²) in [4.78, 5) is 37.8. The maximum absolute atomic E-state index is 13.7. The van der Waals surface area contributed by atoms with E-state index in [4.69, 9.17) is 21.3 Å². The number of amides is 2. The van der Waals surface area contributed by atoms with Gasteiger partial charge in [-0.3, -0.25) is 9.59 Å². The third kappa shape index (κ3) is 5.12. The number of fused-ring (bicyclic) bond motifs is 1. The third-order valence-electron chi connectivity index (χ3n) is 10.1. The van der Waals surface area contributed by atoms with Crippen molar-refractivity contribution in [1.82, 2.24) is 14.8 Å². The van der Waals surface area contributed by atoms with Crippen LogP contribution in [0.25, 0.3) is 0 Å². The quantitative estimate of drug-likeness (QED) is 0.528. The summed E-state index contributed by atoms with van der Waals surface area (Å²) in [5.74, 6) is 1.68. The molecule has 1 saturated carbocycles. The molecule has 0 unspecified atom stereocenters. The number of nitrogens with zero attached hydrogens (tertiary/aromatic N) is 5. The van der Waals surface area contributed by atoms with Gasteiger partial charge in [-0.2, -0.15) is 5.26 Å². The molecule has 4 heterocycles. The number of aliphatic hydroxyl groups is 1. The van der Waals surface area contributed by atoms with E-state index in [1.165, 1.54) is 0 Å². The Bertz CT molecular complexity index is 1450. The Morgan fingerprint density at radius 1 is 1.05 bits per heavy atom. The van der Waals surface area contributed by atoms with Crippen LogP contribution in [-0.4, -0.2) is 76.1 Å². The molecule has 2 aromatic rings. The lowest BCUT2D eigenvalue weighted by Gasteiger charge is -2.65. The second-order valence-corrected chi connectivity index (χ2v) is 14.1. The highest BCUT2D eigenvalue weighted by Gasteiger charge is 2.67. The first-order valence-corrected chi connectivity index (χ1v) is 15.7. The highest BCUT2D eigenvalue weighted by Crippen LogP contribution is 2.59. The molecule has 1 aromatic carbocycles. The van der Waals surface area contributed by atoms with Crippen LogP contribution < -0.4 is 9.64 Å². The Balaban J connectivity index is 1.11. The Morgan fingerprint density at radius 3 is 2.35 bits per heavy atom. The van der Waals surface area contributed by atoms with Gasteiger partial charge in [0.25, 0.3) is 5.91 Å². The van der Waals surface area contributed by atoms with Crippen LogP contribution in [0.2, 0.25) is 5.02 Å². The number of hydrogen-bond donors (Lipinski definition) is 1. The minimum absolute atomic E-state index is 0.00368. The van der Waals surface area contributed by atoms with Gasteiger partial charge in [-0.25, -0.2) is 4.98 Å². The molecule has 43 heavy (non-hydrogen) atoms. The number of ether oxygens (including phenoxy) is 1. The highest BCUT2D eigenvalue weighted by molar-refractivity contribution is 6.31. The molecule has 3 aliphatic heterocycles. The van der Waals surface area contributed by atoms with Crippen molar-refractivity contribution in [2.45, 2.75) is 78.2 Å². The van der Waals surface area contributed by atoms with Crippen molar-refractivity contribution >= 4 is 29.2 Å². The summed E-state index contributed by atoms with van der Waals surface area (Å²) in [5.41, 5.74) is 1.16. The van der Waals surface area contributed by atoms with Crippen LogP contribution in [0.3, 0.4) is 0 Å². The third-order valence-corrected chi connectivity index (χ3v) is 10.4. The van der Waals surface area contributed by atoms with Crippen molar-refractivity contribution in [1.29, 1.82) is 5.26 Å². The number of piperidine rings is 2. The van der Waals surface area contributed by atoms with E-state index in [1.807, 2.05) is 21.9 Å². The molecule has 6 rings (SSSR count). The fourth-order valence-corrected chi connectivity index (χ4v) is 8.50. The normalized spacial score (nSPS) is 25.2. The standard InChI is InChI=1S/C33H40ClN5O4/c1-32(2)30(33(3,4)31(32)43-23-6-5-21(18-35)25(34)17-23)39-19-26-24(29(39)42)7-8-27(36-26)37-13-9-20(10-14-37)28(41)38-15-11-22(40)12-16-38/h5-8,17,20,22,30-31,40H,9-16,19H2,1-4H3. The molecule has 0 atom stereocenters. The second kappa shape index (κ2) is 11.0. The number of likely N-dealkylation sites (tertiary alicyclic amines) is 1. The van der Waals surface area contributed by atoms with Crippen LogP contribution >= 0.6 is 11.6 Å². The van der Waals surface area contributed by atoms with Crippen LogP contribution in [0, 0.1) is 28.1 Å². The number of aliphatic hydroxyl groups excluding tert-OH is 1. The summed E-state index contributed by atoms with van der Waals surface area (Å²) in [6.45, 7) is 11.7. The van der Waals surface area contributed by atoms with Crippen LogP contribution in [0.4, 0.5) is 5.82 Å². The van der Waals surface area contributed by atoms with E-state index in [9.17, 15) is 20.0 Å².